The van der Waals surface area contributed by atoms with Crippen molar-refractivity contribution in [3.8, 4) is 11.3 Å². The number of alkyl halides is 3. The number of aromatic nitrogens is 2. The van der Waals surface area contributed by atoms with Crippen molar-refractivity contribution in [1.82, 2.24) is 15.1 Å². The monoisotopic (exact) mass is 283 g/mol. The Kier molecular flexibility index (Phi) is 4.13. The fraction of sp³-hybridized carbons (Fsp3) is 0.357. The van der Waals surface area contributed by atoms with Crippen LogP contribution >= 0.6 is 0 Å². The maximum atomic E-state index is 12.5. The molecule has 0 unspecified atom stereocenters. The summed E-state index contributed by atoms with van der Waals surface area (Å²) in [6, 6.07) is 7.04. The predicted molar refractivity (Wildman–Crippen MR) is 71.3 cm³/mol. The molecule has 0 bridgehead atoms. The second kappa shape index (κ2) is 5.66. The molecule has 0 saturated carbocycles. The van der Waals surface area contributed by atoms with E-state index in [1.807, 2.05) is 13.1 Å². The van der Waals surface area contributed by atoms with Crippen molar-refractivity contribution in [3.63, 3.8) is 0 Å². The van der Waals surface area contributed by atoms with Crippen molar-refractivity contribution in [3.05, 3.63) is 41.6 Å². The van der Waals surface area contributed by atoms with E-state index in [-0.39, 0.29) is 0 Å². The second-order valence-corrected chi connectivity index (χ2v) is 4.57. The highest BCUT2D eigenvalue weighted by atomic mass is 19.4. The molecule has 0 aliphatic carbocycles. The number of hydrogen-bond acceptors (Lipinski definition) is 2. The van der Waals surface area contributed by atoms with E-state index in [4.69, 9.17) is 0 Å². The van der Waals surface area contributed by atoms with E-state index < -0.39 is 11.7 Å². The van der Waals surface area contributed by atoms with Gasteiger partial charge in [-0.1, -0.05) is 12.1 Å². The van der Waals surface area contributed by atoms with Gasteiger partial charge in [0.15, 0.2) is 0 Å². The molecule has 6 heteroatoms. The minimum Gasteiger partial charge on any atom is -0.319 e. The number of rotatable bonds is 4. The highest BCUT2D eigenvalue weighted by molar-refractivity contribution is 5.60. The number of nitrogens with zero attached hydrogens (tertiary/aromatic N) is 2. The van der Waals surface area contributed by atoms with E-state index in [1.165, 1.54) is 12.1 Å². The first-order valence-electron chi connectivity index (χ1n) is 6.27. The lowest BCUT2D eigenvalue weighted by Crippen LogP contribution is -2.10. The maximum Gasteiger partial charge on any atom is 0.416 e. The number of likely N-dealkylation sites (N-methyl/N-ethyl adjacent to an activating group) is 1. The van der Waals surface area contributed by atoms with Gasteiger partial charge in [-0.05, 0) is 30.8 Å². The van der Waals surface area contributed by atoms with E-state index in [0.29, 0.717) is 0 Å². The van der Waals surface area contributed by atoms with Gasteiger partial charge < -0.3 is 5.32 Å². The van der Waals surface area contributed by atoms with Crippen LogP contribution in [-0.4, -0.2) is 23.4 Å². The first kappa shape index (κ1) is 14.6. The van der Waals surface area contributed by atoms with Crippen LogP contribution in [0, 0.1) is 0 Å². The van der Waals surface area contributed by atoms with E-state index in [2.05, 4.69) is 10.4 Å². The molecule has 1 aromatic heterocycles. The van der Waals surface area contributed by atoms with Gasteiger partial charge in [-0.2, -0.15) is 18.3 Å². The molecular weight excluding hydrogens is 267 g/mol. The highest BCUT2D eigenvalue weighted by Gasteiger charge is 2.30. The van der Waals surface area contributed by atoms with Crippen molar-refractivity contribution < 1.29 is 13.2 Å². The summed E-state index contributed by atoms with van der Waals surface area (Å²) in [5, 5.41) is 7.38. The van der Waals surface area contributed by atoms with Crippen molar-refractivity contribution in [2.24, 2.45) is 7.05 Å². The van der Waals surface area contributed by atoms with Crippen LogP contribution in [0.1, 0.15) is 11.3 Å². The average Bonchev–Trinajstić information content (AvgIpc) is 2.77. The van der Waals surface area contributed by atoms with Gasteiger partial charge in [0.2, 0.25) is 0 Å². The Morgan fingerprint density at radius 2 is 1.85 bits per heavy atom. The van der Waals surface area contributed by atoms with Crippen molar-refractivity contribution in [2.45, 2.75) is 12.6 Å². The third-order valence-electron chi connectivity index (χ3n) is 3.07. The third kappa shape index (κ3) is 3.19. The molecule has 1 aromatic carbocycles. The van der Waals surface area contributed by atoms with Gasteiger partial charge in [0.05, 0.1) is 17.0 Å². The summed E-state index contributed by atoms with van der Waals surface area (Å²) in [6.45, 7) is 0.809. The van der Waals surface area contributed by atoms with E-state index in [0.717, 1.165) is 42.0 Å². The summed E-state index contributed by atoms with van der Waals surface area (Å²) < 4.78 is 39.2. The molecule has 1 heterocycles. The van der Waals surface area contributed by atoms with Gasteiger partial charge in [0.25, 0.3) is 0 Å². The predicted octanol–water partition coefficient (Wildman–Crippen LogP) is 2.87. The number of aryl methyl sites for hydroxylation is 1. The SMILES string of the molecule is CNCCc1cc(-c2ccc(C(F)(F)F)cc2)n(C)n1. The quantitative estimate of drug-likeness (QED) is 0.935. The molecule has 2 rings (SSSR count). The molecule has 0 aliphatic heterocycles. The van der Waals surface area contributed by atoms with Gasteiger partial charge >= 0.3 is 6.18 Å². The van der Waals surface area contributed by atoms with E-state index in [1.54, 1.807) is 11.7 Å². The van der Waals surface area contributed by atoms with Crippen LogP contribution in [0.25, 0.3) is 11.3 Å². The van der Waals surface area contributed by atoms with Crippen molar-refractivity contribution in [1.29, 1.82) is 0 Å². The van der Waals surface area contributed by atoms with E-state index >= 15 is 0 Å². The molecule has 0 spiro atoms. The number of nitrogens with one attached hydrogen (secondary N) is 1. The zero-order valence-electron chi connectivity index (χ0n) is 11.3. The Hall–Kier alpha value is -1.82. The normalized spacial score (nSPS) is 11.8. The lowest BCUT2D eigenvalue weighted by Gasteiger charge is -2.07. The highest BCUT2D eigenvalue weighted by Crippen LogP contribution is 2.31. The largest absolute Gasteiger partial charge is 0.416 e. The maximum absolute atomic E-state index is 12.5. The summed E-state index contributed by atoms with van der Waals surface area (Å²) >= 11 is 0. The van der Waals surface area contributed by atoms with Crippen molar-refractivity contribution in [2.75, 3.05) is 13.6 Å². The Bertz CT molecular complexity index is 570. The standard InChI is InChI=1S/C14H16F3N3/c1-18-8-7-12-9-13(20(2)19-12)10-3-5-11(6-4-10)14(15,16)17/h3-6,9,18H,7-8H2,1-2H3. The van der Waals surface area contributed by atoms with Gasteiger partial charge in [-0.25, -0.2) is 0 Å². The topological polar surface area (TPSA) is 29.9 Å². The molecule has 0 radical (unpaired) electrons. The van der Waals surface area contributed by atoms with Crippen LogP contribution in [0.4, 0.5) is 13.2 Å². The minimum atomic E-state index is -4.30. The Morgan fingerprint density at radius 3 is 2.40 bits per heavy atom. The summed E-state index contributed by atoms with van der Waals surface area (Å²) in [4.78, 5) is 0. The van der Waals surface area contributed by atoms with Crippen LogP contribution < -0.4 is 5.32 Å². The van der Waals surface area contributed by atoms with Gasteiger partial charge in [0.1, 0.15) is 0 Å². The molecule has 2 aromatic rings. The van der Waals surface area contributed by atoms with Crippen LogP contribution in [0.15, 0.2) is 30.3 Å². The molecule has 0 saturated heterocycles. The zero-order chi connectivity index (χ0) is 14.8. The molecule has 0 amide bonds. The lowest BCUT2D eigenvalue weighted by molar-refractivity contribution is -0.137. The van der Waals surface area contributed by atoms with Crippen molar-refractivity contribution >= 4 is 0 Å². The number of halogens is 3. The van der Waals surface area contributed by atoms with Crippen LogP contribution in [0.5, 0.6) is 0 Å². The molecule has 0 aliphatic rings. The van der Waals surface area contributed by atoms with Crippen LogP contribution in [-0.2, 0) is 19.6 Å². The summed E-state index contributed by atoms with van der Waals surface area (Å²) in [6.07, 6.45) is -3.52. The fourth-order valence-corrected chi connectivity index (χ4v) is 2.00. The second-order valence-electron chi connectivity index (χ2n) is 4.57. The molecule has 0 fully saturated rings. The number of hydrogen-bond donors (Lipinski definition) is 1. The molecule has 0 atom stereocenters. The Labute approximate surface area is 115 Å². The van der Waals surface area contributed by atoms with Gasteiger partial charge in [-0.3, -0.25) is 4.68 Å². The van der Waals surface area contributed by atoms with Gasteiger partial charge in [0, 0.05) is 20.0 Å². The molecule has 1 N–H and O–H groups in total. The Morgan fingerprint density at radius 1 is 1.20 bits per heavy atom. The van der Waals surface area contributed by atoms with Crippen LogP contribution in [0.2, 0.25) is 0 Å². The lowest BCUT2D eigenvalue weighted by atomic mass is 10.1. The molecule has 3 nitrogen and oxygen atoms in total. The molecular formula is C14H16F3N3. The smallest absolute Gasteiger partial charge is 0.319 e. The minimum absolute atomic E-state index is 0.640. The van der Waals surface area contributed by atoms with Gasteiger partial charge in [-0.15, -0.1) is 0 Å². The Balaban J connectivity index is 2.25. The van der Waals surface area contributed by atoms with Crippen LogP contribution in [0.3, 0.4) is 0 Å². The number of benzene rings is 1. The van der Waals surface area contributed by atoms with E-state index in [9.17, 15) is 13.2 Å². The summed E-state index contributed by atoms with van der Waals surface area (Å²) in [5.41, 5.74) is 1.81. The first-order valence-corrected chi connectivity index (χ1v) is 6.27. The molecule has 20 heavy (non-hydrogen) atoms. The average molecular weight is 283 g/mol. The first-order chi connectivity index (χ1) is 9.41. The fourth-order valence-electron chi connectivity index (χ4n) is 2.00. The molecule has 108 valence electrons. The summed E-state index contributed by atoms with van der Waals surface area (Å²) in [7, 11) is 3.65. The summed E-state index contributed by atoms with van der Waals surface area (Å²) in [5.74, 6) is 0. The zero-order valence-corrected chi connectivity index (χ0v) is 11.3. The third-order valence-corrected chi connectivity index (χ3v) is 3.07.